The van der Waals surface area contributed by atoms with E-state index in [9.17, 15) is 9.90 Å². The minimum Gasteiger partial charge on any atom is -0.493 e. The number of hydrogen-bond donors (Lipinski definition) is 2. The SMILES string of the molecule is CCc1nc2cc(C(=O)N=Nc3c(O)[nH]c4ccc(Br)cc34)ccc2o1. The highest BCUT2D eigenvalue weighted by atomic mass is 79.9. The Bertz CT molecular complexity index is 1180. The summed E-state index contributed by atoms with van der Waals surface area (Å²) in [6.45, 7) is 1.94. The van der Waals surface area contributed by atoms with E-state index >= 15 is 0 Å². The Kier molecular flexibility index (Phi) is 4.04. The maximum atomic E-state index is 12.4. The van der Waals surface area contributed by atoms with Crippen LogP contribution in [0.2, 0.25) is 0 Å². The van der Waals surface area contributed by atoms with Crippen LogP contribution in [0.25, 0.3) is 22.0 Å². The number of nitrogens with one attached hydrogen (secondary N) is 1. The van der Waals surface area contributed by atoms with Gasteiger partial charge in [-0.3, -0.25) is 4.79 Å². The quantitative estimate of drug-likeness (QED) is 0.447. The van der Waals surface area contributed by atoms with Crippen LogP contribution in [0.15, 0.2) is 55.5 Å². The third kappa shape index (κ3) is 2.88. The third-order valence-electron chi connectivity index (χ3n) is 3.94. The van der Waals surface area contributed by atoms with Crippen LogP contribution in [0.4, 0.5) is 5.69 Å². The summed E-state index contributed by atoms with van der Waals surface area (Å²) >= 11 is 3.37. The first-order valence-corrected chi connectivity index (χ1v) is 8.70. The average molecular weight is 413 g/mol. The average Bonchev–Trinajstić information content (AvgIpc) is 3.18. The van der Waals surface area contributed by atoms with Crippen molar-refractivity contribution in [3.05, 3.63) is 52.3 Å². The summed E-state index contributed by atoms with van der Waals surface area (Å²) in [5.41, 5.74) is 2.47. The van der Waals surface area contributed by atoms with Crippen molar-refractivity contribution >= 4 is 49.5 Å². The van der Waals surface area contributed by atoms with Crippen molar-refractivity contribution in [2.75, 3.05) is 0 Å². The number of carbonyl (C=O) groups excluding carboxylic acids is 1. The van der Waals surface area contributed by atoms with E-state index in [1.165, 1.54) is 0 Å². The highest BCUT2D eigenvalue weighted by Crippen LogP contribution is 2.36. The molecule has 2 aromatic heterocycles. The molecule has 0 aliphatic heterocycles. The number of fused-ring (bicyclic) bond motifs is 2. The number of rotatable bonds is 3. The van der Waals surface area contributed by atoms with Crippen molar-refractivity contribution in [2.24, 2.45) is 10.2 Å². The van der Waals surface area contributed by atoms with E-state index in [1.807, 2.05) is 13.0 Å². The van der Waals surface area contributed by atoms with Crippen LogP contribution < -0.4 is 0 Å². The number of aromatic amines is 1. The predicted octanol–water partition coefficient (Wildman–Crippen LogP) is 5.26. The third-order valence-corrected chi connectivity index (χ3v) is 4.43. The maximum Gasteiger partial charge on any atom is 0.295 e. The lowest BCUT2D eigenvalue weighted by Crippen LogP contribution is -1.93. The van der Waals surface area contributed by atoms with Crippen LogP contribution in [0.1, 0.15) is 23.2 Å². The molecule has 0 fully saturated rings. The summed E-state index contributed by atoms with van der Waals surface area (Å²) < 4.78 is 6.36. The zero-order valence-corrected chi connectivity index (χ0v) is 15.2. The molecule has 2 N–H and O–H groups in total. The van der Waals surface area contributed by atoms with Gasteiger partial charge in [0.05, 0.1) is 5.52 Å². The van der Waals surface area contributed by atoms with Gasteiger partial charge in [-0.2, -0.15) is 0 Å². The fourth-order valence-electron chi connectivity index (χ4n) is 2.65. The van der Waals surface area contributed by atoms with E-state index in [0.717, 1.165) is 4.47 Å². The fourth-order valence-corrected chi connectivity index (χ4v) is 3.01. The minimum absolute atomic E-state index is 0.144. The van der Waals surface area contributed by atoms with Gasteiger partial charge in [-0.05, 0) is 36.4 Å². The molecule has 8 heteroatoms. The molecule has 2 aromatic carbocycles. The largest absolute Gasteiger partial charge is 0.493 e. The highest BCUT2D eigenvalue weighted by molar-refractivity contribution is 9.10. The lowest BCUT2D eigenvalue weighted by atomic mass is 10.2. The number of halogens is 1. The van der Waals surface area contributed by atoms with E-state index in [0.29, 0.717) is 39.9 Å². The Balaban J connectivity index is 1.67. The van der Waals surface area contributed by atoms with E-state index in [1.54, 1.807) is 30.3 Å². The van der Waals surface area contributed by atoms with E-state index in [-0.39, 0.29) is 11.6 Å². The molecule has 7 nitrogen and oxygen atoms in total. The molecular weight excluding hydrogens is 400 g/mol. The van der Waals surface area contributed by atoms with Crippen LogP contribution in [0.5, 0.6) is 5.88 Å². The van der Waals surface area contributed by atoms with Crippen LogP contribution in [-0.2, 0) is 6.42 Å². The van der Waals surface area contributed by atoms with Gasteiger partial charge >= 0.3 is 0 Å². The summed E-state index contributed by atoms with van der Waals surface area (Å²) in [7, 11) is 0. The van der Waals surface area contributed by atoms with Gasteiger partial charge in [-0.25, -0.2) is 4.98 Å². The standard InChI is InChI=1S/C18H13BrN4O3/c1-2-15-20-13-7-9(3-6-14(13)26-15)17(24)23-22-16-11-8-10(19)4-5-12(11)21-18(16)25/h3-8,21,25H,2H2,1H3. The summed E-state index contributed by atoms with van der Waals surface area (Å²) in [5, 5.41) is 18.4. The Morgan fingerprint density at radius 3 is 2.96 bits per heavy atom. The second-order valence-electron chi connectivity index (χ2n) is 5.66. The molecular formula is C18H13BrN4O3. The van der Waals surface area contributed by atoms with Crippen molar-refractivity contribution < 1.29 is 14.3 Å². The number of hydrogen-bond acceptors (Lipinski definition) is 5. The van der Waals surface area contributed by atoms with E-state index in [2.05, 4.69) is 36.1 Å². The molecule has 0 saturated carbocycles. The molecule has 0 unspecified atom stereocenters. The van der Waals surface area contributed by atoms with Crippen LogP contribution in [0, 0.1) is 0 Å². The van der Waals surface area contributed by atoms with Gasteiger partial charge in [0.15, 0.2) is 17.2 Å². The van der Waals surface area contributed by atoms with Gasteiger partial charge in [0, 0.05) is 21.8 Å². The Morgan fingerprint density at radius 2 is 2.15 bits per heavy atom. The number of aryl methyl sites for hydroxylation is 1. The minimum atomic E-state index is -0.531. The van der Waals surface area contributed by atoms with Gasteiger partial charge in [0.1, 0.15) is 5.52 Å². The van der Waals surface area contributed by atoms with Crippen LogP contribution >= 0.6 is 15.9 Å². The molecule has 1 amide bonds. The van der Waals surface area contributed by atoms with Crippen molar-refractivity contribution in [1.29, 1.82) is 0 Å². The molecule has 0 aliphatic carbocycles. The number of amides is 1. The van der Waals surface area contributed by atoms with E-state index in [4.69, 9.17) is 4.42 Å². The summed E-state index contributed by atoms with van der Waals surface area (Å²) in [4.78, 5) is 19.5. The Hall–Kier alpha value is -3.00. The topological polar surface area (TPSA) is 104 Å². The van der Waals surface area contributed by atoms with Crippen molar-refractivity contribution in [3.8, 4) is 5.88 Å². The molecule has 0 saturated heterocycles. The smallest absolute Gasteiger partial charge is 0.295 e. The predicted molar refractivity (Wildman–Crippen MR) is 99.9 cm³/mol. The number of azo groups is 1. The Morgan fingerprint density at radius 1 is 1.31 bits per heavy atom. The summed E-state index contributed by atoms with van der Waals surface area (Å²) in [6, 6.07) is 10.3. The van der Waals surface area contributed by atoms with Gasteiger partial charge < -0.3 is 14.5 Å². The lowest BCUT2D eigenvalue weighted by Gasteiger charge is -1.95. The first-order valence-electron chi connectivity index (χ1n) is 7.91. The molecule has 4 aromatic rings. The number of aromatic nitrogens is 2. The second kappa shape index (κ2) is 6.38. The first kappa shape index (κ1) is 16.5. The van der Waals surface area contributed by atoms with Crippen LogP contribution in [0.3, 0.4) is 0 Å². The van der Waals surface area contributed by atoms with Gasteiger partial charge in [-0.1, -0.05) is 22.9 Å². The number of H-pyrrole nitrogens is 1. The molecule has 130 valence electrons. The van der Waals surface area contributed by atoms with Gasteiger partial charge in [0.25, 0.3) is 5.91 Å². The summed E-state index contributed by atoms with van der Waals surface area (Å²) in [6.07, 6.45) is 0.674. The second-order valence-corrected chi connectivity index (χ2v) is 6.58. The lowest BCUT2D eigenvalue weighted by molar-refractivity contribution is 0.0995. The maximum absolute atomic E-state index is 12.4. The van der Waals surface area contributed by atoms with E-state index < -0.39 is 5.91 Å². The highest BCUT2D eigenvalue weighted by Gasteiger charge is 2.13. The van der Waals surface area contributed by atoms with Crippen molar-refractivity contribution in [3.63, 3.8) is 0 Å². The molecule has 0 radical (unpaired) electrons. The molecule has 0 atom stereocenters. The van der Waals surface area contributed by atoms with Crippen molar-refractivity contribution in [1.82, 2.24) is 9.97 Å². The molecule has 26 heavy (non-hydrogen) atoms. The number of benzene rings is 2. The molecule has 4 rings (SSSR count). The van der Waals surface area contributed by atoms with Gasteiger partial charge in [0.2, 0.25) is 5.88 Å². The molecule has 2 heterocycles. The van der Waals surface area contributed by atoms with Crippen LogP contribution in [-0.4, -0.2) is 21.0 Å². The zero-order valence-electron chi connectivity index (χ0n) is 13.7. The first-order chi connectivity index (χ1) is 12.5. The molecule has 0 bridgehead atoms. The number of oxazole rings is 1. The summed E-state index contributed by atoms with van der Waals surface area (Å²) in [5.74, 6) is -0.0635. The van der Waals surface area contributed by atoms with Crippen molar-refractivity contribution in [2.45, 2.75) is 13.3 Å². The van der Waals surface area contributed by atoms with Gasteiger partial charge in [-0.15, -0.1) is 10.2 Å². The fraction of sp³-hybridized carbons (Fsp3) is 0.111. The number of aromatic hydroxyl groups is 1. The zero-order chi connectivity index (χ0) is 18.3. The number of nitrogens with zero attached hydrogens (tertiary/aromatic N) is 3. The Labute approximate surface area is 155 Å². The monoisotopic (exact) mass is 412 g/mol. The molecule has 0 spiro atoms. The normalized spacial score (nSPS) is 11.8. The molecule has 0 aliphatic rings. The number of carbonyl (C=O) groups is 1.